The van der Waals surface area contributed by atoms with Crippen molar-refractivity contribution >= 4 is 167 Å². The Balaban J connectivity index is 0.000000403. The van der Waals surface area contributed by atoms with Crippen molar-refractivity contribution in [1.29, 1.82) is 0 Å². The van der Waals surface area contributed by atoms with E-state index >= 15 is 0 Å². The highest BCUT2D eigenvalue weighted by Crippen LogP contribution is 2.30. The SMILES string of the molecule is CC(=O)C(F)(F)F.CCN(CC)CC.C[C@H]1CCCCN1c1ncc(C(C)(C)O)cn1.C[C@H]1CN(C(=O)OC(C)(C)C)CCN1.C[C@H]1CN(C(=O)OC(C)(C)C)CCN1c1ncc(Br)cn1.C[C@H]1CN(C(=O)OC(C)(C)C)CCN1c1ncc(C(C)(C)O)cn1.C[C@H]1CN(S(=O)(=O)c2cccs2)CCN1c1ncc(C(C)(C)O)cn1.ClCCl.Clc1ncc(Br)cn1.O=S(=O)(Cl)c1cccs1. The quantitative estimate of drug-likeness (QED) is 0.0360. The number of nitrogens with one attached hydrogen (secondary N) is 1. The number of aromatic nitrogens is 10. The molecule has 0 bridgehead atoms. The predicted molar refractivity (Wildman–Crippen MR) is 535 cm³/mol. The molecule has 5 saturated heterocycles. The number of rotatable bonds is 13. The zero-order chi connectivity index (χ0) is 103. The van der Waals surface area contributed by atoms with Crippen LogP contribution in [-0.2, 0) is 54.9 Å². The number of thiophene rings is 2. The number of halogens is 9. The van der Waals surface area contributed by atoms with Crippen molar-refractivity contribution in [2.45, 2.75) is 264 Å². The van der Waals surface area contributed by atoms with Gasteiger partial charge in [0, 0.05) is 212 Å². The number of ether oxygens (including phenoxy) is 3. The maximum Gasteiger partial charge on any atom is 0.449 e. The van der Waals surface area contributed by atoms with Crippen LogP contribution in [0.4, 0.5) is 51.3 Å². The Hall–Kier alpha value is -6.95. The first-order valence-corrected chi connectivity index (χ1v) is 52.4. The number of amides is 3. The van der Waals surface area contributed by atoms with Gasteiger partial charge in [0.1, 0.15) is 25.2 Å². The number of sulfonamides is 1. The van der Waals surface area contributed by atoms with Gasteiger partial charge in [-0.2, -0.15) is 17.5 Å². The molecule has 12 heterocycles. The van der Waals surface area contributed by atoms with Gasteiger partial charge in [-0.05, 0) is 244 Å². The minimum Gasteiger partial charge on any atom is -0.444 e. The van der Waals surface area contributed by atoms with Gasteiger partial charge in [0.25, 0.3) is 19.1 Å². The number of alkyl halides is 5. The molecule has 0 spiro atoms. The topological polar surface area (TPSA) is 395 Å². The highest BCUT2D eigenvalue weighted by atomic mass is 79.9. The summed E-state index contributed by atoms with van der Waals surface area (Å²) < 4.78 is 98.6. The van der Waals surface area contributed by atoms with Crippen LogP contribution in [0.2, 0.25) is 5.28 Å². The van der Waals surface area contributed by atoms with Gasteiger partial charge in [-0.3, -0.25) is 4.79 Å². The molecule has 0 unspecified atom stereocenters. The van der Waals surface area contributed by atoms with Crippen LogP contribution in [0.25, 0.3) is 0 Å². The van der Waals surface area contributed by atoms with E-state index in [1.165, 1.54) is 60.6 Å². The van der Waals surface area contributed by atoms with Gasteiger partial charge in [0.2, 0.25) is 34.9 Å². The number of carbonyl (C=O) groups excluding carboxylic acids is 4. The Morgan fingerprint density at radius 3 is 1.05 bits per heavy atom. The van der Waals surface area contributed by atoms with Crippen LogP contribution in [-0.4, -0.2) is 293 Å². The van der Waals surface area contributed by atoms with E-state index < -0.39 is 64.6 Å². The number of piperazine rings is 4. The number of hydrogen-bond acceptors (Lipinski definition) is 32. The molecule has 3 amide bonds. The van der Waals surface area contributed by atoms with Crippen LogP contribution in [0.3, 0.4) is 0 Å². The molecule has 135 heavy (non-hydrogen) atoms. The first-order chi connectivity index (χ1) is 62.4. The van der Waals surface area contributed by atoms with Gasteiger partial charge in [-0.15, -0.1) is 45.9 Å². The first kappa shape index (κ1) is 122. The number of Topliss-reactive ketones (excluding diaryl/α,β-unsaturated/α-hetero) is 1. The molecular formula is C88H137Br2Cl4F3N20O14S4. The number of nitrogens with zero attached hydrogens (tertiary/aromatic N) is 19. The van der Waals surface area contributed by atoms with E-state index in [1.54, 1.807) is 147 Å². The molecule has 5 aliphatic rings. The second-order valence-electron chi connectivity index (χ2n) is 36.1. The van der Waals surface area contributed by atoms with Crippen molar-refractivity contribution in [2.75, 3.05) is 130 Å². The lowest BCUT2D eigenvalue weighted by Gasteiger charge is -2.40. The largest absolute Gasteiger partial charge is 0.449 e. The number of hydrogen-bond donors (Lipinski definition) is 4. The maximum absolute atomic E-state index is 12.7. The normalized spacial score (nSPS) is 17.9. The van der Waals surface area contributed by atoms with E-state index in [2.05, 4.69) is 148 Å². The summed E-state index contributed by atoms with van der Waals surface area (Å²) >= 11 is 23.7. The summed E-state index contributed by atoms with van der Waals surface area (Å²) in [5.41, 5.74) is -2.10. The molecule has 7 aromatic heterocycles. The number of piperidine rings is 1. The molecule has 0 saturated carbocycles. The van der Waals surface area contributed by atoms with Crippen LogP contribution in [0.5, 0.6) is 0 Å². The summed E-state index contributed by atoms with van der Waals surface area (Å²) in [5, 5.41) is 37.0. The van der Waals surface area contributed by atoms with Gasteiger partial charge in [0.15, 0.2) is 0 Å². The minimum atomic E-state index is -4.64. The van der Waals surface area contributed by atoms with Gasteiger partial charge < -0.3 is 74.0 Å². The Morgan fingerprint density at radius 2 is 0.793 bits per heavy atom. The highest BCUT2D eigenvalue weighted by Gasteiger charge is 2.38. The Morgan fingerprint density at radius 1 is 0.481 bits per heavy atom. The van der Waals surface area contributed by atoms with Crippen LogP contribution in [0, 0.1) is 0 Å². The van der Waals surface area contributed by atoms with Crippen LogP contribution in [0.1, 0.15) is 202 Å². The van der Waals surface area contributed by atoms with Gasteiger partial charge >= 0.3 is 24.5 Å². The summed E-state index contributed by atoms with van der Waals surface area (Å²) in [4.78, 5) is 103. The second-order valence-corrected chi connectivity index (χ2v) is 45.9. The maximum atomic E-state index is 12.7. The van der Waals surface area contributed by atoms with E-state index in [4.69, 9.17) is 59.7 Å². The van der Waals surface area contributed by atoms with Gasteiger partial charge in [0.05, 0.1) is 31.1 Å². The molecule has 7 aromatic rings. The third-order valence-electron chi connectivity index (χ3n) is 19.8. The Kier molecular flexibility index (Phi) is 51.1. The van der Waals surface area contributed by atoms with Crippen molar-refractivity contribution in [2.24, 2.45) is 0 Å². The van der Waals surface area contributed by atoms with Crippen LogP contribution >= 0.6 is 100 Å². The molecule has 12 rings (SSSR count). The van der Waals surface area contributed by atoms with Crippen LogP contribution < -0.4 is 24.9 Å². The van der Waals surface area contributed by atoms with Crippen LogP contribution in [0.15, 0.2) is 114 Å². The van der Waals surface area contributed by atoms with Crippen molar-refractivity contribution in [1.82, 2.24) is 79.1 Å². The minimum absolute atomic E-state index is 0.0449. The van der Waals surface area contributed by atoms with E-state index in [-0.39, 0.29) is 51.2 Å². The zero-order valence-electron chi connectivity index (χ0n) is 81.6. The lowest BCUT2D eigenvalue weighted by atomic mass is 10.0. The summed E-state index contributed by atoms with van der Waals surface area (Å²) in [6, 6.07) is 7.54. The molecular weight excluding hydrogens is 2050 g/mol. The molecule has 0 aromatic carbocycles. The van der Waals surface area contributed by atoms with Crippen molar-refractivity contribution in [3.8, 4) is 0 Å². The summed E-state index contributed by atoms with van der Waals surface area (Å²) in [7, 11) is -1.92. The molecule has 5 aliphatic heterocycles. The summed E-state index contributed by atoms with van der Waals surface area (Å²) in [6.45, 7) is 56.4. The first-order valence-electron chi connectivity index (χ1n) is 43.8. The molecule has 47 heteroatoms. The number of ketones is 1. The van der Waals surface area contributed by atoms with Crippen molar-refractivity contribution < 1.29 is 78.7 Å². The zero-order valence-corrected chi connectivity index (χ0v) is 91.1. The van der Waals surface area contributed by atoms with Gasteiger partial charge in [-0.25, -0.2) is 81.1 Å². The fourth-order valence-electron chi connectivity index (χ4n) is 12.5. The Bertz CT molecular complexity index is 4840. The third kappa shape index (κ3) is 45.9. The average molecular weight is 2190 g/mol. The summed E-state index contributed by atoms with van der Waals surface area (Å²) in [6.07, 6.45) is 14.9. The molecule has 760 valence electrons. The lowest BCUT2D eigenvalue weighted by molar-refractivity contribution is -0.168. The van der Waals surface area contributed by atoms with E-state index in [9.17, 15) is 64.5 Å². The third-order valence-corrected chi connectivity index (χ3v) is 27.0. The number of carbonyl (C=O) groups is 4. The van der Waals surface area contributed by atoms with Crippen molar-refractivity contribution in [3.63, 3.8) is 0 Å². The molecule has 0 radical (unpaired) electrons. The fraction of sp³-hybridized carbons (Fsp3) is 0.636. The average Bonchev–Trinajstić information content (AvgIpc) is 1.75. The fourth-order valence-corrected chi connectivity index (χ4v) is 17.4. The van der Waals surface area contributed by atoms with Crippen molar-refractivity contribution in [3.05, 3.63) is 128 Å². The highest BCUT2D eigenvalue weighted by molar-refractivity contribution is 9.10. The predicted octanol–water partition coefficient (Wildman–Crippen LogP) is 17.3. The molecule has 5 atom stereocenters. The molecule has 5 fully saturated rings. The van der Waals surface area contributed by atoms with Gasteiger partial charge in [-0.1, -0.05) is 32.9 Å². The lowest BCUT2D eigenvalue weighted by Crippen LogP contribution is -2.55. The number of anilines is 4. The van der Waals surface area contributed by atoms with E-state index in [1.807, 2.05) is 81.1 Å². The second kappa shape index (κ2) is 56.5. The molecule has 34 nitrogen and oxygen atoms in total. The monoisotopic (exact) mass is 2180 g/mol. The van der Waals surface area contributed by atoms with E-state index in [0.29, 0.717) is 111 Å². The standard InChI is InChI=1S/C17H28N4O3.C16H22N4O3S2.C14H21BrN4O2.C13H21N3O.C10H20N2O2.C6H15N.C4H2BrClN2.C4H3ClO2S2.C3H3F3O.CH2Cl2/c1-12-11-20(15(22)24-16(2,3)4)7-8-21(12)14-18-9-13(10-19-14)17(5,6)23;1-12-11-19(25(22,23)14-5-4-8-24-14)6-7-20(12)15-17-9-13(10-18-15)16(2,3)21;1-10-9-18(13(20)21-14(2,3)4)5-6-19(10)12-16-7-11(15)8-17-12;1-10-6-4-5-7-16(10)12-14-8-11(9-15-12)13(2,3)17;1-8-7-12(6-5-11-8)9(13)14-10(2,3)4;1-4-7(5-2)6-3;5-3-1-7-4(6)8-2-3;5-9(6,7)4-2-1-3-8-4;1-2(7)3(4,5)6;2-1-3/h9-10,12,23H,7-8,11H2,1-6H3;4-5,8-10,12,21H,6-7,11H2,1-3H3;7-8,10H,5-6,9H2,1-4H3;8-10,17H,4-7H2,1-3H3;8,11H,5-7H2,1-4H3;4-6H2,1-3H3;1-2H;1-3H;1H3;1H2/t2*12-;2*10-;8-;;;;;/m00000...../s1. The number of aliphatic hydroxyl groups is 3. The molecule has 4 N–H and O–H groups in total. The molecule has 0 aliphatic carbocycles. The smallest absolute Gasteiger partial charge is 0.444 e. The summed E-state index contributed by atoms with van der Waals surface area (Å²) in [5.74, 6) is 0.875. The Labute approximate surface area is 839 Å². The van der Waals surface area contributed by atoms with E-state index in [0.717, 1.165) is 58.0 Å².